The van der Waals surface area contributed by atoms with Gasteiger partial charge in [-0.1, -0.05) is 0 Å². The number of hydrogen-bond donors (Lipinski definition) is 2. The average molecular weight is 275 g/mol. The molecule has 1 heterocycles. The van der Waals surface area contributed by atoms with Crippen molar-refractivity contribution in [3.63, 3.8) is 0 Å². The second kappa shape index (κ2) is 3.44. The van der Waals surface area contributed by atoms with Gasteiger partial charge < -0.3 is 0 Å². The Morgan fingerprint density at radius 3 is 2.88 bits per heavy atom. The summed E-state index contributed by atoms with van der Waals surface area (Å²) >= 11 is 0.247. The van der Waals surface area contributed by atoms with Gasteiger partial charge in [-0.3, -0.25) is 0 Å². The van der Waals surface area contributed by atoms with E-state index in [0.29, 0.717) is 0 Å². The summed E-state index contributed by atoms with van der Waals surface area (Å²) in [7, 11) is 0. The van der Waals surface area contributed by atoms with Crippen LogP contribution in [0, 0.1) is 0 Å². The van der Waals surface area contributed by atoms with Crippen LogP contribution in [-0.2, 0) is 0 Å². The monoisotopic (exact) mass is 276 g/mol. The third-order valence-corrected chi connectivity index (χ3v) is 4.72. The van der Waals surface area contributed by atoms with Gasteiger partial charge in [-0.2, -0.15) is 0 Å². The molecule has 1 aliphatic carbocycles. The normalized spacial score (nSPS) is 11.0. The van der Waals surface area contributed by atoms with E-state index in [4.69, 9.17) is 11.1 Å². The number of nitrogens with zero attached hydrogens (tertiary/aromatic N) is 1. The van der Waals surface area contributed by atoms with Crippen LogP contribution in [0.4, 0.5) is 5.69 Å². The average Bonchev–Trinajstić information content (AvgIpc) is 2.26. The molecule has 0 saturated heterocycles. The summed E-state index contributed by atoms with van der Waals surface area (Å²) in [5, 5.41) is 6.57. The van der Waals surface area contributed by atoms with Crippen molar-refractivity contribution in [3.05, 3.63) is 41.8 Å². The summed E-state index contributed by atoms with van der Waals surface area (Å²) in [6.07, 6.45) is 0. The molecule has 0 unspecified atom stereocenters. The molecule has 0 fully saturated rings. The SMILES string of the molecule is Nc1ccc2nc3ccc(=[NH2+])cc-3[se]c2c1. The molecular formula is C12H10N3Se+. The Kier molecular flexibility index (Phi) is 2.06. The van der Waals surface area contributed by atoms with Crippen molar-refractivity contribution >= 4 is 30.0 Å². The van der Waals surface area contributed by atoms with E-state index in [2.05, 4.69) is 4.98 Å². The fraction of sp³-hybridized carbons (Fsp3) is 0. The fourth-order valence-corrected chi connectivity index (χ4v) is 3.89. The Hall–Kier alpha value is -1.64. The molecule has 0 saturated carbocycles. The quantitative estimate of drug-likeness (QED) is 0.334. The van der Waals surface area contributed by atoms with Crippen LogP contribution in [-0.4, -0.2) is 19.5 Å². The van der Waals surface area contributed by atoms with Crippen LogP contribution in [0.25, 0.3) is 19.9 Å². The van der Waals surface area contributed by atoms with E-state index in [1.165, 1.54) is 8.70 Å². The van der Waals surface area contributed by atoms with E-state index in [0.717, 1.165) is 22.3 Å². The first-order chi connectivity index (χ1) is 7.72. The molecule has 1 aliphatic heterocycles. The predicted octanol–water partition coefficient (Wildman–Crippen LogP) is -0.361. The second-order valence-electron chi connectivity index (χ2n) is 3.67. The van der Waals surface area contributed by atoms with Gasteiger partial charge >= 0.3 is 98.0 Å². The first kappa shape index (κ1) is 9.58. The molecule has 0 bridgehead atoms. The van der Waals surface area contributed by atoms with Gasteiger partial charge in [-0.15, -0.1) is 0 Å². The number of anilines is 1. The molecule has 4 N–H and O–H groups in total. The molecule has 78 valence electrons. The standard InChI is InChI=1S/C12H9N3Se/c13-7-1-3-9-11(5-7)16-12-6-8(14)2-4-10(12)15-9/h1-6,13H,14H2/p+1. The molecule has 0 radical (unpaired) electrons. The predicted molar refractivity (Wildman–Crippen MR) is 64.8 cm³/mol. The van der Waals surface area contributed by atoms with E-state index in [-0.39, 0.29) is 14.5 Å². The zero-order valence-electron chi connectivity index (χ0n) is 8.47. The maximum absolute atomic E-state index is 5.78. The number of rotatable bonds is 0. The number of hydrogen-bond acceptors (Lipinski definition) is 2. The van der Waals surface area contributed by atoms with Gasteiger partial charge in [0, 0.05) is 0 Å². The first-order valence-electron chi connectivity index (χ1n) is 4.91. The van der Waals surface area contributed by atoms with Crippen LogP contribution in [0.1, 0.15) is 0 Å². The van der Waals surface area contributed by atoms with Crippen molar-refractivity contribution in [2.45, 2.75) is 0 Å². The van der Waals surface area contributed by atoms with Crippen LogP contribution >= 0.6 is 0 Å². The molecular weight excluding hydrogens is 265 g/mol. The fourth-order valence-electron chi connectivity index (χ4n) is 1.66. The molecule has 0 aromatic heterocycles. The molecule has 1 aromatic rings. The summed E-state index contributed by atoms with van der Waals surface area (Å²) in [4.78, 5) is 4.60. The summed E-state index contributed by atoms with van der Waals surface area (Å²) < 4.78 is 2.45. The zero-order valence-corrected chi connectivity index (χ0v) is 10.2. The van der Waals surface area contributed by atoms with E-state index >= 15 is 0 Å². The van der Waals surface area contributed by atoms with Crippen LogP contribution in [0.3, 0.4) is 0 Å². The molecule has 2 aliphatic rings. The summed E-state index contributed by atoms with van der Waals surface area (Å²) in [5.41, 5.74) is 8.64. The topological polar surface area (TPSA) is 64.5 Å². The van der Waals surface area contributed by atoms with Crippen molar-refractivity contribution in [1.82, 2.24) is 4.98 Å². The first-order valence-corrected chi connectivity index (χ1v) is 6.62. The Labute approximate surface area is 98.2 Å². The van der Waals surface area contributed by atoms with Crippen molar-refractivity contribution in [2.75, 3.05) is 5.73 Å². The van der Waals surface area contributed by atoms with E-state index in [1.54, 1.807) is 0 Å². The minimum absolute atomic E-state index is 0.247. The number of benzene rings is 2. The molecule has 4 heteroatoms. The molecule has 16 heavy (non-hydrogen) atoms. The Bertz CT molecular complexity index is 702. The van der Waals surface area contributed by atoms with Gasteiger partial charge in [-0.05, 0) is 0 Å². The van der Waals surface area contributed by atoms with Crippen LogP contribution in [0.2, 0.25) is 0 Å². The molecule has 1 aromatic carbocycles. The zero-order chi connectivity index (χ0) is 11.1. The second-order valence-corrected chi connectivity index (χ2v) is 5.94. The van der Waals surface area contributed by atoms with E-state index < -0.39 is 0 Å². The number of nitrogen functional groups attached to an aromatic ring is 1. The third kappa shape index (κ3) is 1.52. The van der Waals surface area contributed by atoms with Crippen LogP contribution < -0.4 is 16.5 Å². The summed E-state index contributed by atoms with van der Waals surface area (Å²) in [5.74, 6) is 0. The van der Waals surface area contributed by atoms with Crippen molar-refractivity contribution < 1.29 is 5.41 Å². The van der Waals surface area contributed by atoms with Crippen molar-refractivity contribution in [3.8, 4) is 10.1 Å². The number of nitrogens with two attached hydrogens (primary N) is 2. The van der Waals surface area contributed by atoms with Gasteiger partial charge in [0.1, 0.15) is 0 Å². The van der Waals surface area contributed by atoms with Crippen molar-refractivity contribution in [1.29, 1.82) is 0 Å². The molecule has 0 atom stereocenters. The van der Waals surface area contributed by atoms with Crippen molar-refractivity contribution in [2.24, 2.45) is 0 Å². The Balaban J connectivity index is 2.46. The van der Waals surface area contributed by atoms with Gasteiger partial charge in [0.15, 0.2) is 0 Å². The summed E-state index contributed by atoms with van der Waals surface area (Å²) in [6.45, 7) is 0. The Morgan fingerprint density at radius 2 is 2.00 bits per heavy atom. The molecule has 0 spiro atoms. The van der Waals surface area contributed by atoms with E-state index in [9.17, 15) is 0 Å². The maximum atomic E-state index is 5.78. The van der Waals surface area contributed by atoms with Crippen LogP contribution in [0.15, 0.2) is 36.4 Å². The molecule has 3 nitrogen and oxygen atoms in total. The van der Waals surface area contributed by atoms with Gasteiger partial charge in [0.25, 0.3) is 0 Å². The summed E-state index contributed by atoms with van der Waals surface area (Å²) in [6, 6.07) is 11.7. The van der Waals surface area contributed by atoms with Crippen LogP contribution in [0.5, 0.6) is 0 Å². The number of fused-ring (bicyclic) bond motifs is 2. The molecule has 0 amide bonds. The van der Waals surface area contributed by atoms with Gasteiger partial charge in [-0.25, -0.2) is 0 Å². The van der Waals surface area contributed by atoms with Gasteiger partial charge in [0.2, 0.25) is 0 Å². The minimum atomic E-state index is 0.247. The number of aromatic nitrogens is 1. The van der Waals surface area contributed by atoms with E-state index in [1.807, 2.05) is 36.4 Å². The molecule has 3 rings (SSSR count). The third-order valence-electron chi connectivity index (χ3n) is 2.43. The van der Waals surface area contributed by atoms with Gasteiger partial charge in [0.05, 0.1) is 0 Å². The Morgan fingerprint density at radius 1 is 1.12 bits per heavy atom.